The van der Waals surface area contributed by atoms with Gasteiger partial charge in [-0.05, 0) is 49.7 Å². The highest BCUT2D eigenvalue weighted by atomic mass is 19.1. The van der Waals surface area contributed by atoms with E-state index in [1.165, 1.54) is 6.08 Å². The van der Waals surface area contributed by atoms with Crippen molar-refractivity contribution < 1.29 is 33.7 Å². The number of ketones is 2. The summed E-state index contributed by atoms with van der Waals surface area (Å²) >= 11 is 0. The van der Waals surface area contributed by atoms with Gasteiger partial charge in [-0.15, -0.1) is 0 Å². The zero-order chi connectivity index (χ0) is 20.7. The Kier molecular flexibility index (Phi) is 4.25. The van der Waals surface area contributed by atoms with Gasteiger partial charge < -0.3 is 15.3 Å². The fraction of sp³-hybridized carbons (Fsp3) is 0.810. The first-order chi connectivity index (χ1) is 13.0. The Morgan fingerprint density at radius 1 is 1.29 bits per heavy atom. The second-order valence-corrected chi connectivity index (χ2v) is 9.70. The lowest BCUT2D eigenvalue weighted by Crippen LogP contribution is -2.70. The van der Waals surface area contributed by atoms with Crippen LogP contribution in [-0.4, -0.2) is 57.0 Å². The zero-order valence-corrected chi connectivity index (χ0v) is 16.3. The molecule has 4 aliphatic carbocycles. The van der Waals surface area contributed by atoms with E-state index in [-0.39, 0.29) is 43.5 Å². The summed E-state index contributed by atoms with van der Waals surface area (Å²) in [5.41, 5.74) is -6.32. The fourth-order valence-electron chi connectivity index (χ4n) is 7.15. The average Bonchev–Trinajstić information content (AvgIpc) is 2.91. The molecule has 0 spiro atoms. The lowest BCUT2D eigenvalue weighted by molar-refractivity contribution is -0.231. The van der Waals surface area contributed by atoms with Crippen LogP contribution in [0.25, 0.3) is 0 Å². The Balaban J connectivity index is 1.83. The van der Waals surface area contributed by atoms with Gasteiger partial charge in [0.2, 0.25) is 0 Å². The van der Waals surface area contributed by atoms with Crippen LogP contribution in [0.5, 0.6) is 0 Å². The molecule has 0 saturated heterocycles. The van der Waals surface area contributed by atoms with Crippen molar-refractivity contribution in [2.45, 2.75) is 75.9 Å². The lowest BCUT2D eigenvalue weighted by atomic mass is 9.43. The molecule has 0 heterocycles. The molecule has 4 rings (SSSR count). The molecular weight excluding hydrogens is 370 g/mol. The molecule has 156 valence electrons. The monoisotopic (exact) mass is 398 g/mol. The highest BCUT2D eigenvalue weighted by molar-refractivity contribution is 5.92. The maximum absolute atomic E-state index is 16.8. The summed E-state index contributed by atoms with van der Waals surface area (Å²) in [6.45, 7) is 2.40. The van der Waals surface area contributed by atoms with Crippen LogP contribution < -0.4 is 0 Å². The number of fused-ring (bicyclic) bond motifs is 5. The van der Waals surface area contributed by atoms with Crippen LogP contribution in [0.4, 0.5) is 8.78 Å². The molecular formula is C21H28F2O5. The van der Waals surface area contributed by atoms with E-state index in [2.05, 4.69) is 0 Å². The van der Waals surface area contributed by atoms with Crippen LogP contribution in [0.2, 0.25) is 0 Å². The first kappa shape index (κ1) is 20.1. The third kappa shape index (κ3) is 2.10. The summed E-state index contributed by atoms with van der Waals surface area (Å²) in [5.74, 6) is -2.35. The second-order valence-electron chi connectivity index (χ2n) is 9.70. The normalized spacial score (nSPS) is 53.1. The lowest BCUT2D eigenvalue weighted by Gasteiger charge is -2.63. The Morgan fingerprint density at radius 3 is 2.61 bits per heavy atom. The van der Waals surface area contributed by atoms with Crippen molar-refractivity contribution >= 4 is 11.6 Å². The van der Waals surface area contributed by atoms with Crippen LogP contribution >= 0.6 is 0 Å². The van der Waals surface area contributed by atoms with Gasteiger partial charge in [0.15, 0.2) is 11.6 Å². The fourth-order valence-corrected chi connectivity index (χ4v) is 7.15. The number of allylic oxidation sites excluding steroid dienone is 1. The van der Waals surface area contributed by atoms with Crippen LogP contribution in [0.3, 0.4) is 0 Å². The number of Topliss-reactive ketones (excluding diaryl/α,β-unsaturated/α-hetero) is 1. The van der Waals surface area contributed by atoms with Crippen molar-refractivity contribution in [3.05, 3.63) is 11.6 Å². The molecule has 0 aromatic rings. The Hall–Kier alpha value is -1.18. The molecule has 3 N–H and O–H groups in total. The van der Waals surface area contributed by atoms with E-state index in [1.807, 2.05) is 0 Å². The van der Waals surface area contributed by atoms with E-state index in [9.17, 15) is 24.9 Å². The molecule has 0 bridgehead atoms. The average molecular weight is 398 g/mol. The van der Waals surface area contributed by atoms with E-state index in [4.69, 9.17) is 0 Å². The number of carbonyl (C=O) groups excluding carboxylic acids is 2. The van der Waals surface area contributed by atoms with Crippen LogP contribution in [0.15, 0.2) is 11.6 Å². The number of hydrogen-bond acceptors (Lipinski definition) is 5. The summed E-state index contributed by atoms with van der Waals surface area (Å²) in [6.07, 6.45) is -1.52. The Bertz CT molecular complexity index is 768. The molecule has 4 aliphatic rings. The number of aliphatic hydroxyl groups excluding tert-OH is 2. The largest absolute Gasteiger partial charge is 0.390 e. The molecule has 0 aromatic carbocycles. The number of carbonyl (C=O) groups is 2. The molecule has 28 heavy (non-hydrogen) atoms. The van der Waals surface area contributed by atoms with Crippen LogP contribution in [0.1, 0.15) is 52.4 Å². The predicted octanol–water partition coefficient (Wildman–Crippen LogP) is 1.82. The van der Waals surface area contributed by atoms with E-state index in [0.29, 0.717) is 6.42 Å². The van der Waals surface area contributed by atoms with Crippen molar-refractivity contribution in [1.29, 1.82) is 0 Å². The predicted molar refractivity (Wildman–Crippen MR) is 95.8 cm³/mol. The van der Waals surface area contributed by atoms with Crippen LogP contribution in [0, 0.1) is 22.7 Å². The number of halogens is 2. The summed E-state index contributed by atoms with van der Waals surface area (Å²) in [6, 6.07) is 0. The van der Waals surface area contributed by atoms with E-state index in [1.54, 1.807) is 13.8 Å². The first-order valence-electron chi connectivity index (χ1n) is 10.1. The van der Waals surface area contributed by atoms with Gasteiger partial charge in [-0.25, -0.2) is 8.78 Å². The third-order valence-corrected chi connectivity index (χ3v) is 8.78. The molecule has 0 aliphatic heterocycles. The Morgan fingerprint density at radius 2 is 1.96 bits per heavy atom. The topological polar surface area (TPSA) is 94.8 Å². The van der Waals surface area contributed by atoms with Crippen molar-refractivity contribution in [3.63, 3.8) is 0 Å². The summed E-state index contributed by atoms with van der Waals surface area (Å²) in [5, 5.41) is 31.5. The highest BCUT2D eigenvalue weighted by Crippen LogP contribution is 2.70. The molecule has 0 radical (unpaired) electrons. The number of hydrogen-bond donors (Lipinski definition) is 3. The van der Waals surface area contributed by atoms with Crippen molar-refractivity contribution in [3.8, 4) is 0 Å². The SMILES string of the molecule is C[C@]12CCC(=O)C=C1[C@@H](F)C[C@H]1[C@@H]3CC[C@](O)(C(=O)CO)[C@@]3(C)C[C@H](O)[C@@]12F. The maximum Gasteiger partial charge on any atom is 0.190 e. The van der Waals surface area contributed by atoms with Gasteiger partial charge in [-0.2, -0.15) is 0 Å². The van der Waals surface area contributed by atoms with Gasteiger partial charge >= 0.3 is 0 Å². The minimum absolute atomic E-state index is 0.0573. The van der Waals surface area contributed by atoms with E-state index < -0.39 is 58.6 Å². The van der Waals surface area contributed by atoms with E-state index in [0.717, 1.165) is 0 Å². The second kappa shape index (κ2) is 5.92. The van der Waals surface area contributed by atoms with Gasteiger partial charge in [0.25, 0.3) is 0 Å². The first-order valence-corrected chi connectivity index (χ1v) is 10.1. The van der Waals surface area contributed by atoms with Gasteiger partial charge in [0, 0.05) is 23.2 Å². The van der Waals surface area contributed by atoms with Gasteiger partial charge in [0.05, 0.1) is 6.10 Å². The zero-order valence-electron chi connectivity index (χ0n) is 16.3. The molecule has 0 unspecified atom stereocenters. The molecule has 5 nitrogen and oxygen atoms in total. The number of alkyl halides is 2. The quantitative estimate of drug-likeness (QED) is 0.660. The van der Waals surface area contributed by atoms with Crippen molar-refractivity contribution in [2.75, 3.05) is 6.61 Å². The van der Waals surface area contributed by atoms with Crippen molar-refractivity contribution in [2.24, 2.45) is 22.7 Å². The standard InChI is InChI=1S/C21H28F2O5/c1-18-5-3-11(25)7-14(18)15(22)8-13-12-4-6-20(28,17(27)10-24)19(12,2)9-16(26)21(13,18)23/h7,12-13,15-16,24,26,28H,3-6,8-10H2,1-2H3/t12-,13-,15-,16-,18-,19-,20-,21-/m0/s1. The van der Waals surface area contributed by atoms with Crippen molar-refractivity contribution in [1.82, 2.24) is 0 Å². The highest BCUT2D eigenvalue weighted by Gasteiger charge is 2.75. The number of rotatable bonds is 2. The maximum atomic E-state index is 16.8. The molecule has 7 heteroatoms. The molecule has 0 amide bonds. The number of aliphatic hydroxyl groups is 3. The Labute approximate surface area is 162 Å². The third-order valence-electron chi connectivity index (χ3n) is 8.78. The minimum Gasteiger partial charge on any atom is -0.390 e. The minimum atomic E-state index is -2.14. The molecule has 0 aromatic heterocycles. The van der Waals surface area contributed by atoms with E-state index >= 15 is 8.78 Å². The van der Waals surface area contributed by atoms with Crippen LogP contribution in [-0.2, 0) is 9.59 Å². The van der Waals surface area contributed by atoms with Gasteiger partial charge in [-0.3, -0.25) is 9.59 Å². The summed E-state index contributed by atoms with van der Waals surface area (Å²) < 4.78 is 32.0. The molecule has 3 fully saturated rings. The summed E-state index contributed by atoms with van der Waals surface area (Å²) in [7, 11) is 0. The van der Waals surface area contributed by atoms with Gasteiger partial charge in [-0.1, -0.05) is 13.8 Å². The molecule has 3 saturated carbocycles. The molecule has 8 atom stereocenters. The summed E-state index contributed by atoms with van der Waals surface area (Å²) in [4.78, 5) is 24.2. The van der Waals surface area contributed by atoms with Gasteiger partial charge in [0.1, 0.15) is 24.0 Å². The smallest absolute Gasteiger partial charge is 0.190 e.